The number of aliphatic hydroxyl groups excluding tert-OH is 1. The Bertz CT molecular complexity index is 1920. The molecule has 0 aromatic rings. The Labute approximate surface area is 613 Å². The van der Waals surface area contributed by atoms with Gasteiger partial charge in [0.2, 0.25) is 0 Å². The molecule has 0 amide bonds. The van der Waals surface area contributed by atoms with Crippen LogP contribution >= 0.6 is 15.6 Å². The van der Waals surface area contributed by atoms with Crippen molar-refractivity contribution in [1.29, 1.82) is 0 Å². The second-order valence-electron chi connectivity index (χ2n) is 30.1. The van der Waals surface area contributed by atoms with Gasteiger partial charge in [-0.3, -0.25) is 37.3 Å². The lowest BCUT2D eigenvalue weighted by atomic mass is 10.0. The third-order valence-corrected chi connectivity index (χ3v) is 20.9. The van der Waals surface area contributed by atoms with E-state index < -0.39 is 97.5 Å². The van der Waals surface area contributed by atoms with Gasteiger partial charge in [-0.05, 0) is 37.5 Å². The molecule has 0 heterocycles. The summed E-state index contributed by atoms with van der Waals surface area (Å²) < 4.78 is 68.4. The maximum atomic E-state index is 13.1. The third-order valence-electron chi connectivity index (χ3n) is 19.0. The van der Waals surface area contributed by atoms with Crippen LogP contribution in [0.25, 0.3) is 0 Å². The summed E-state index contributed by atoms with van der Waals surface area (Å²) >= 11 is 0. The maximum absolute atomic E-state index is 13.1. The first kappa shape index (κ1) is 98.1. The largest absolute Gasteiger partial charge is 0.472 e. The van der Waals surface area contributed by atoms with Gasteiger partial charge in [-0.15, -0.1) is 0 Å². The molecule has 3 N–H and O–H groups in total. The summed E-state index contributed by atoms with van der Waals surface area (Å²) in [6.45, 7) is 9.62. The van der Waals surface area contributed by atoms with Crippen molar-refractivity contribution < 1.29 is 80.2 Å². The van der Waals surface area contributed by atoms with Gasteiger partial charge < -0.3 is 33.8 Å². The van der Waals surface area contributed by atoms with Crippen LogP contribution in [0.4, 0.5) is 0 Å². The smallest absolute Gasteiger partial charge is 0.462 e. The number of aliphatic hydroxyl groups is 1. The predicted octanol–water partition coefficient (Wildman–Crippen LogP) is 24.3. The first-order valence-corrected chi connectivity index (χ1v) is 45.0. The van der Waals surface area contributed by atoms with E-state index in [1.165, 1.54) is 238 Å². The normalized spacial score (nSPS) is 13.9. The molecule has 0 spiro atoms. The summed E-state index contributed by atoms with van der Waals surface area (Å²) in [5, 5.41) is 10.6. The number of rotatable bonds is 80. The molecule has 0 bridgehead atoms. The Kier molecular flexibility index (Phi) is 71.2. The Hall–Kier alpha value is -1.94. The van der Waals surface area contributed by atoms with Crippen LogP contribution < -0.4 is 0 Å². The second kappa shape index (κ2) is 72.6. The standard InChI is InChI=1S/C81H158O17P2/c1-7-9-11-13-14-15-16-29-37-42-47-53-59-65-80(85)97-76(69-91-78(83)63-57-49-12-10-8-2)71-95-99(87,88)93-67-75(82)68-94-100(89,90)96-72-77(98-81(86)66-60-54-48-43-38-33-28-24-20-18-22-26-31-35-40-45-51-56-62-74(5)6)70-92-79(84)64-58-52-46-41-36-32-27-23-19-17-21-25-30-34-39-44-50-55-61-73(3)4/h73-77,82H,7-72H2,1-6H3,(H,87,88)(H,89,90)/t75-,76+,77+/m0/s1. The average Bonchev–Trinajstić information content (AvgIpc) is 0.940. The molecule has 0 aliphatic heterocycles. The Morgan fingerprint density at radius 3 is 0.680 bits per heavy atom. The van der Waals surface area contributed by atoms with Crippen molar-refractivity contribution in [3.05, 3.63) is 0 Å². The van der Waals surface area contributed by atoms with E-state index in [-0.39, 0.29) is 25.7 Å². The first-order chi connectivity index (χ1) is 48.4. The molecule has 0 aliphatic rings. The van der Waals surface area contributed by atoms with Crippen LogP contribution in [0.1, 0.15) is 427 Å². The lowest BCUT2D eigenvalue weighted by Crippen LogP contribution is -2.30. The topological polar surface area (TPSA) is 237 Å². The zero-order valence-corrected chi connectivity index (χ0v) is 67.3. The van der Waals surface area contributed by atoms with Crippen LogP contribution in [0, 0.1) is 11.8 Å². The van der Waals surface area contributed by atoms with Crippen molar-refractivity contribution in [2.45, 2.75) is 445 Å². The van der Waals surface area contributed by atoms with Crippen LogP contribution in [0.15, 0.2) is 0 Å². The van der Waals surface area contributed by atoms with Crippen molar-refractivity contribution in [2.75, 3.05) is 39.6 Å². The van der Waals surface area contributed by atoms with E-state index in [1.807, 2.05) is 0 Å². The van der Waals surface area contributed by atoms with Crippen LogP contribution in [0.3, 0.4) is 0 Å². The van der Waals surface area contributed by atoms with Crippen molar-refractivity contribution >= 4 is 39.5 Å². The fourth-order valence-electron chi connectivity index (χ4n) is 12.5. The monoisotopic (exact) mass is 1470 g/mol. The van der Waals surface area contributed by atoms with Gasteiger partial charge in [-0.2, -0.15) is 0 Å². The highest BCUT2D eigenvalue weighted by molar-refractivity contribution is 7.47. The van der Waals surface area contributed by atoms with Crippen LogP contribution in [-0.4, -0.2) is 96.7 Å². The fourth-order valence-corrected chi connectivity index (χ4v) is 14.1. The number of hydrogen-bond acceptors (Lipinski definition) is 15. The van der Waals surface area contributed by atoms with Gasteiger partial charge in [-0.25, -0.2) is 9.13 Å². The molecular formula is C81H158O17P2. The molecule has 5 atom stereocenters. The second-order valence-corrected chi connectivity index (χ2v) is 33.0. The molecule has 0 fully saturated rings. The van der Waals surface area contributed by atoms with E-state index >= 15 is 0 Å². The Morgan fingerprint density at radius 2 is 0.460 bits per heavy atom. The zero-order chi connectivity index (χ0) is 73.5. The number of phosphoric ester groups is 2. The summed E-state index contributed by atoms with van der Waals surface area (Å²) in [4.78, 5) is 72.7. The minimum atomic E-state index is -4.96. The highest BCUT2D eigenvalue weighted by Crippen LogP contribution is 2.45. The number of esters is 4. The van der Waals surface area contributed by atoms with Gasteiger partial charge in [0.25, 0.3) is 0 Å². The molecule has 0 aliphatic carbocycles. The van der Waals surface area contributed by atoms with E-state index in [2.05, 4.69) is 41.5 Å². The van der Waals surface area contributed by atoms with Gasteiger partial charge in [0.1, 0.15) is 19.3 Å². The summed E-state index contributed by atoms with van der Waals surface area (Å²) in [6, 6.07) is 0. The molecule has 2 unspecified atom stereocenters. The minimum absolute atomic E-state index is 0.107. The molecule has 0 saturated heterocycles. The lowest BCUT2D eigenvalue weighted by Gasteiger charge is -2.21. The minimum Gasteiger partial charge on any atom is -0.462 e. The lowest BCUT2D eigenvalue weighted by molar-refractivity contribution is -0.161. The van der Waals surface area contributed by atoms with E-state index in [0.717, 1.165) is 108 Å². The molecular weight excluding hydrogens is 1310 g/mol. The average molecular weight is 1470 g/mol. The van der Waals surface area contributed by atoms with Crippen molar-refractivity contribution in [1.82, 2.24) is 0 Å². The SMILES string of the molecule is CCCCCCCCCCCCCCCC(=O)O[C@H](COC(=O)CCCCCCC)COP(=O)(O)OC[C@H](O)COP(=O)(O)OC[C@@H](COC(=O)CCCCCCCCCCCCCCCCCCCCC(C)C)OC(=O)CCCCCCCCCCCCCCCCCCCCC(C)C. The van der Waals surface area contributed by atoms with Crippen molar-refractivity contribution in [3.8, 4) is 0 Å². The van der Waals surface area contributed by atoms with Gasteiger partial charge in [0.15, 0.2) is 12.2 Å². The number of carbonyl (C=O) groups is 4. The predicted molar refractivity (Wildman–Crippen MR) is 409 cm³/mol. The van der Waals surface area contributed by atoms with Crippen molar-refractivity contribution in [3.63, 3.8) is 0 Å². The highest BCUT2D eigenvalue weighted by atomic mass is 31.2. The van der Waals surface area contributed by atoms with Gasteiger partial charge in [0, 0.05) is 25.7 Å². The molecule has 0 rings (SSSR count). The van der Waals surface area contributed by atoms with Gasteiger partial charge in [0.05, 0.1) is 26.4 Å². The van der Waals surface area contributed by atoms with E-state index in [4.69, 9.17) is 37.0 Å². The quantitative estimate of drug-likeness (QED) is 0.0222. The molecule has 594 valence electrons. The number of hydrogen-bond donors (Lipinski definition) is 3. The van der Waals surface area contributed by atoms with Crippen LogP contribution in [-0.2, 0) is 65.4 Å². The van der Waals surface area contributed by atoms with Crippen molar-refractivity contribution in [2.24, 2.45) is 11.8 Å². The maximum Gasteiger partial charge on any atom is 0.472 e. The summed E-state index contributed by atoms with van der Waals surface area (Å²) in [5.74, 6) is -0.477. The third kappa shape index (κ3) is 74.3. The van der Waals surface area contributed by atoms with Crippen LogP contribution in [0.5, 0.6) is 0 Å². The van der Waals surface area contributed by atoms with E-state index in [0.29, 0.717) is 25.7 Å². The molecule has 19 heteroatoms. The Balaban J connectivity index is 5.10. The summed E-state index contributed by atoms with van der Waals surface area (Å²) in [5.41, 5.74) is 0. The highest BCUT2D eigenvalue weighted by Gasteiger charge is 2.30. The van der Waals surface area contributed by atoms with Gasteiger partial charge in [-0.1, -0.05) is 375 Å². The Morgan fingerprint density at radius 1 is 0.270 bits per heavy atom. The molecule has 17 nitrogen and oxygen atoms in total. The molecule has 0 aromatic heterocycles. The summed E-state index contributed by atoms with van der Waals surface area (Å²) in [7, 11) is -9.91. The fraction of sp³-hybridized carbons (Fsp3) is 0.951. The van der Waals surface area contributed by atoms with E-state index in [1.54, 1.807) is 0 Å². The summed E-state index contributed by atoms with van der Waals surface area (Å²) in [6.07, 6.45) is 63.0. The molecule has 100 heavy (non-hydrogen) atoms. The number of unbranched alkanes of at least 4 members (excludes halogenated alkanes) is 50. The van der Waals surface area contributed by atoms with Crippen LogP contribution in [0.2, 0.25) is 0 Å². The zero-order valence-electron chi connectivity index (χ0n) is 65.5. The van der Waals surface area contributed by atoms with E-state index in [9.17, 15) is 43.2 Å². The molecule has 0 radical (unpaired) electrons. The molecule has 0 saturated carbocycles. The van der Waals surface area contributed by atoms with Gasteiger partial charge >= 0.3 is 39.5 Å². The number of ether oxygens (including phenoxy) is 4. The number of phosphoric acid groups is 2. The number of carbonyl (C=O) groups excluding carboxylic acids is 4. The molecule has 0 aromatic carbocycles. The first-order valence-electron chi connectivity index (χ1n) is 42.0.